The summed E-state index contributed by atoms with van der Waals surface area (Å²) < 4.78 is 1.86. The largest absolute Gasteiger partial charge is 0.323 e. The van der Waals surface area contributed by atoms with Crippen LogP contribution in [0, 0.1) is 0 Å². The SMILES string of the molecule is Cn1c(SCC(=O)c2ccccc2)nnc1-c1ccc(NC(=O)/C=C/c2ccccc2)cc1. The first-order valence-electron chi connectivity index (χ1n) is 10.3. The molecule has 6 nitrogen and oxygen atoms in total. The summed E-state index contributed by atoms with van der Waals surface area (Å²) in [6.07, 6.45) is 3.27. The first-order valence-corrected chi connectivity index (χ1v) is 11.3. The number of aromatic nitrogens is 3. The lowest BCUT2D eigenvalue weighted by atomic mass is 10.2. The Labute approximate surface area is 196 Å². The predicted octanol–water partition coefficient (Wildman–Crippen LogP) is 5.11. The standard InChI is InChI=1S/C26H22N4O2S/c1-30-25(28-29-26(30)33-18-23(31)20-10-6-3-7-11-20)21-13-15-22(16-14-21)27-24(32)17-12-19-8-4-2-5-9-19/h2-17H,18H2,1H3,(H,27,32)/b17-12+. The van der Waals surface area contributed by atoms with Crippen LogP contribution in [-0.2, 0) is 11.8 Å². The molecule has 1 amide bonds. The average Bonchev–Trinajstić information content (AvgIpc) is 3.23. The maximum absolute atomic E-state index is 12.3. The van der Waals surface area contributed by atoms with Crippen LogP contribution < -0.4 is 5.32 Å². The van der Waals surface area contributed by atoms with Gasteiger partial charge in [-0.25, -0.2) is 0 Å². The van der Waals surface area contributed by atoms with Gasteiger partial charge in [0, 0.05) is 29.9 Å². The molecule has 0 aliphatic heterocycles. The van der Waals surface area contributed by atoms with E-state index in [1.165, 1.54) is 17.8 Å². The summed E-state index contributed by atoms with van der Waals surface area (Å²) in [5.74, 6) is 0.822. The highest BCUT2D eigenvalue weighted by Gasteiger charge is 2.14. The molecule has 7 heteroatoms. The first-order chi connectivity index (χ1) is 16.1. The van der Waals surface area contributed by atoms with Gasteiger partial charge in [0.25, 0.3) is 0 Å². The first kappa shape index (κ1) is 22.2. The van der Waals surface area contributed by atoms with Gasteiger partial charge in [-0.15, -0.1) is 10.2 Å². The lowest BCUT2D eigenvalue weighted by Gasteiger charge is -2.06. The Hall–Kier alpha value is -3.97. The van der Waals surface area contributed by atoms with Crippen molar-refractivity contribution < 1.29 is 9.59 Å². The molecule has 33 heavy (non-hydrogen) atoms. The van der Waals surface area contributed by atoms with Crippen molar-refractivity contribution in [3.8, 4) is 11.4 Å². The zero-order valence-electron chi connectivity index (χ0n) is 18.0. The number of nitrogens with one attached hydrogen (secondary N) is 1. The number of nitrogens with zero attached hydrogens (tertiary/aromatic N) is 3. The maximum Gasteiger partial charge on any atom is 0.248 e. The smallest absolute Gasteiger partial charge is 0.248 e. The second kappa shape index (κ2) is 10.6. The summed E-state index contributed by atoms with van der Waals surface area (Å²) in [5.41, 5.74) is 3.20. The number of carbonyl (C=O) groups excluding carboxylic acids is 2. The third-order valence-electron chi connectivity index (χ3n) is 4.90. The molecule has 164 valence electrons. The highest BCUT2D eigenvalue weighted by Crippen LogP contribution is 2.24. The van der Waals surface area contributed by atoms with E-state index in [9.17, 15) is 9.59 Å². The normalized spacial score (nSPS) is 10.9. The van der Waals surface area contributed by atoms with Crippen LogP contribution in [0.5, 0.6) is 0 Å². The van der Waals surface area contributed by atoms with Crippen LogP contribution in [0.4, 0.5) is 5.69 Å². The molecule has 0 spiro atoms. The number of anilines is 1. The average molecular weight is 455 g/mol. The van der Waals surface area contributed by atoms with E-state index in [4.69, 9.17) is 0 Å². The van der Waals surface area contributed by atoms with E-state index in [0.29, 0.717) is 22.2 Å². The van der Waals surface area contributed by atoms with Crippen molar-refractivity contribution in [3.63, 3.8) is 0 Å². The van der Waals surface area contributed by atoms with Crippen molar-refractivity contribution in [2.45, 2.75) is 5.16 Å². The van der Waals surface area contributed by atoms with Crippen LogP contribution in [0.1, 0.15) is 15.9 Å². The van der Waals surface area contributed by atoms with Crippen LogP contribution in [0.25, 0.3) is 17.5 Å². The third kappa shape index (κ3) is 5.84. The Balaban J connectivity index is 1.37. The van der Waals surface area contributed by atoms with E-state index >= 15 is 0 Å². The van der Waals surface area contributed by atoms with Gasteiger partial charge in [-0.05, 0) is 35.9 Å². The molecule has 0 radical (unpaired) electrons. The van der Waals surface area contributed by atoms with Crippen molar-refractivity contribution >= 4 is 35.2 Å². The van der Waals surface area contributed by atoms with Crippen LogP contribution in [0.15, 0.2) is 96.2 Å². The number of amides is 1. The molecule has 0 bridgehead atoms. The molecule has 0 aliphatic rings. The molecule has 0 aliphatic carbocycles. The molecule has 0 atom stereocenters. The minimum atomic E-state index is -0.202. The molecule has 4 aromatic rings. The quantitative estimate of drug-likeness (QED) is 0.227. The molecule has 3 aromatic carbocycles. The molecule has 0 fully saturated rings. The fourth-order valence-electron chi connectivity index (χ4n) is 3.15. The van der Waals surface area contributed by atoms with Gasteiger partial charge in [0.1, 0.15) is 0 Å². The highest BCUT2D eigenvalue weighted by atomic mass is 32.2. The molecule has 1 heterocycles. The molecular formula is C26H22N4O2S. The monoisotopic (exact) mass is 454 g/mol. The molecule has 0 saturated heterocycles. The second-order valence-corrected chi connectivity index (χ2v) is 8.20. The number of hydrogen-bond acceptors (Lipinski definition) is 5. The van der Waals surface area contributed by atoms with Gasteiger partial charge in [0.2, 0.25) is 5.91 Å². The fourth-order valence-corrected chi connectivity index (χ4v) is 3.96. The Kier molecular flexibility index (Phi) is 7.12. The summed E-state index contributed by atoms with van der Waals surface area (Å²) >= 11 is 1.36. The van der Waals surface area contributed by atoms with Gasteiger partial charge in [-0.3, -0.25) is 9.59 Å². The number of Topliss-reactive ketones (excluding diaryl/α,β-unsaturated/α-hetero) is 1. The Bertz CT molecular complexity index is 1270. The Morgan fingerprint density at radius 3 is 2.27 bits per heavy atom. The highest BCUT2D eigenvalue weighted by molar-refractivity contribution is 7.99. The van der Waals surface area contributed by atoms with Crippen LogP contribution in [0.3, 0.4) is 0 Å². The summed E-state index contributed by atoms with van der Waals surface area (Å²) in [5, 5.41) is 12.0. The second-order valence-electron chi connectivity index (χ2n) is 7.25. The number of rotatable bonds is 8. The van der Waals surface area contributed by atoms with E-state index in [1.54, 1.807) is 6.08 Å². The summed E-state index contributed by atoms with van der Waals surface area (Å²) in [7, 11) is 1.87. The zero-order valence-corrected chi connectivity index (χ0v) is 18.8. The van der Waals surface area contributed by atoms with Crippen molar-refractivity contribution in [2.75, 3.05) is 11.1 Å². The molecule has 4 rings (SSSR count). The third-order valence-corrected chi connectivity index (χ3v) is 5.92. The summed E-state index contributed by atoms with van der Waals surface area (Å²) in [4.78, 5) is 24.5. The number of thioether (sulfide) groups is 1. The van der Waals surface area contributed by atoms with Crippen LogP contribution >= 0.6 is 11.8 Å². The summed E-state index contributed by atoms with van der Waals surface area (Å²) in [6, 6.07) is 26.3. The maximum atomic E-state index is 12.3. The number of hydrogen-bond donors (Lipinski definition) is 1. The minimum absolute atomic E-state index is 0.0477. The minimum Gasteiger partial charge on any atom is -0.323 e. The summed E-state index contributed by atoms with van der Waals surface area (Å²) in [6.45, 7) is 0. The number of benzene rings is 3. The van der Waals surface area contributed by atoms with E-state index in [1.807, 2.05) is 96.5 Å². The van der Waals surface area contributed by atoms with Crippen molar-refractivity contribution in [2.24, 2.45) is 7.05 Å². The Morgan fingerprint density at radius 2 is 1.58 bits per heavy atom. The van der Waals surface area contributed by atoms with Gasteiger partial charge in [-0.1, -0.05) is 72.4 Å². The fraction of sp³-hybridized carbons (Fsp3) is 0.0769. The van der Waals surface area contributed by atoms with Gasteiger partial charge in [0.05, 0.1) is 5.75 Å². The molecular weight excluding hydrogens is 432 g/mol. The van der Waals surface area contributed by atoms with Gasteiger partial charge < -0.3 is 9.88 Å². The lowest BCUT2D eigenvalue weighted by Crippen LogP contribution is -2.07. The number of ketones is 1. The van der Waals surface area contributed by atoms with Crippen LogP contribution in [-0.4, -0.2) is 32.2 Å². The Morgan fingerprint density at radius 1 is 0.909 bits per heavy atom. The molecule has 1 N–H and O–H groups in total. The van der Waals surface area contributed by atoms with E-state index in [0.717, 1.165) is 11.1 Å². The zero-order chi connectivity index (χ0) is 23.0. The van der Waals surface area contributed by atoms with E-state index in [2.05, 4.69) is 15.5 Å². The lowest BCUT2D eigenvalue weighted by molar-refractivity contribution is -0.111. The van der Waals surface area contributed by atoms with Crippen molar-refractivity contribution in [1.82, 2.24) is 14.8 Å². The van der Waals surface area contributed by atoms with E-state index < -0.39 is 0 Å². The number of carbonyl (C=O) groups is 2. The predicted molar refractivity (Wildman–Crippen MR) is 132 cm³/mol. The van der Waals surface area contributed by atoms with E-state index in [-0.39, 0.29) is 17.4 Å². The molecule has 1 aromatic heterocycles. The van der Waals surface area contributed by atoms with Crippen molar-refractivity contribution in [3.05, 3.63) is 102 Å². The molecule has 0 saturated carbocycles. The topological polar surface area (TPSA) is 76.9 Å². The van der Waals surface area contributed by atoms with Gasteiger partial charge >= 0.3 is 0 Å². The molecule has 0 unspecified atom stereocenters. The van der Waals surface area contributed by atoms with Gasteiger partial charge in [0.15, 0.2) is 16.8 Å². The van der Waals surface area contributed by atoms with Gasteiger partial charge in [-0.2, -0.15) is 0 Å². The van der Waals surface area contributed by atoms with Crippen LogP contribution in [0.2, 0.25) is 0 Å². The van der Waals surface area contributed by atoms with Crippen molar-refractivity contribution in [1.29, 1.82) is 0 Å².